The Kier molecular flexibility index (Phi) is 6.94. The lowest BCUT2D eigenvalue weighted by Crippen LogP contribution is -2.52. The number of aliphatic imine (C=N–C) groups is 1. The Morgan fingerprint density at radius 1 is 1.06 bits per heavy atom. The molecule has 1 aliphatic rings. The zero-order valence-electron chi connectivity index (χ0n) is 19.0. The van der Waals surface area contributed by atoms with Gasteiger partial charge in [0, 0.05) is 57.4 Å². The van der Waals surface area contributed by atoms with Crippen molar-refractivity contribution in [3.63, 3.8) is 0 Å². The van der Waals surface area contributed by atoms with Crippen molar-refractivity contribution in [2.45, 2.75) is 13.3 Å². The van der Waals surface area contributed by atoms with Gasteiger partial charge in [0.2, 0.25) is 5.89 Å². The van der Waals surface area contributed by atoms with Crippen molar-refractivity contribution < 1.29 is 9.15 Å². The van der Waals surface area contributed by atoms with Gasteiger partial charge < -0.3 is 24.3 Å². The number of oxazole rings is 1. The molecule has 7 nitrogen and oxygen atoms in total. The molecule has 1 saturated heterocycles. The molecule has 0 amide bonds. The number of aromatic nitrogens is 1. The van der Waals surface area contributed by atoms with E-state index in [4.69, 9.17) is 9.15 Å². The number of hydrogen-bond acceptors (Lipinski definition) is 5. The molecule has 2 heterocycles. The van der Waals surface area contributed by atoms with Gasteiger partial charge in [-0.25, -0.2) is 4.98 Å². The van der Waals surface area contributed by atoms with Crippen molar-refractivity contribution in [1.29, 1.82) is 0 Å². The molecule has 0 bridgehead atoms. The first-order valence-corrected chi connectivity index (χ1v) is 11.0. The number of guanidine groups is 1. The summed E-state index contributed by atoms with van der Waals surface area (Å²) >= 11 is 0. The van der Waals surface area contributed by atoms with Crippen LogP contribution < -0.4 is 15.0 Å². The Hall–Kier alpha value is -3.48. The van der Waals surface area contributed by atoms with E-state index in [9.17, 15) is 0 Å². The number of nitrogens with zero attached hydrogens (tertiary/aromatic N) is 4. The molecule has 168 valence electrons. The van der Waals surface area contributed by atoms with E-state index in [1.165, 1.54) is 11.3 Å². The summed E-state index contributed by atoms with van der Waals surface area (Å²) in [6.07, 6.45) is 2.52. The highest BCUT2D eigenvalue weighted by Gasteiger charge is 2.20. The van der Waals surface area contributed by atoms with Crippen LogP contribution in [0.2, 0.25) is 0 Å². The van der Waals surface area contributed by atoms with Crippen LogP contribution in [0.5, 0.6) is 5.75 Å². The predicted molar refractivity (Wildman–Crippen MR) is 129 cm³/mol. The second-order valence-corrected chi connectivity index (χ2v) is 7.91. The molecule has 7 heteroatoms. The zero-order valence-corrected chi connectivity index (χ0v) is 19.0. The number of benzene rings is 2. The topological polar surface area (TPSA) is 66.1 Å². The summed E-state index contributed by atoms with van der Waals surface area (Å²) < 4.78 is 10.9. The van der Waals surface area contributed by atoms with Gasteiger partial charge in [0.15, 0.2) is 5.96 Å². The second-order valence-electron chi connectivity index (χ2n) is 7.91. The minimum atomic E-state index is 0.666. The highest BCUT2D eigenvalue weighted by molar-refractivity contribution is 5.80. The fourth-order valence-electron chi connectivity index (χ4n) is 3.85. The normalized spacial score (nSPS) is 14.5. The van der Waals surface area contributed by atoms with Crippen molar-refractivity contribution in [3.05, 3.63) is 66.1 Å². The van der Waals surface area contributed by atoms with Gasteiger partial charge in [0.25, 0.3) is 0 Å². The molecule has 3 aromatic rings. The minimum absolute atomic E-state index is 0.666. The van der Waals surface area contributed by atoms with E-state index in [0.29, 0.717) is 5.89 Å². The van der Waals surface area contributed by atoms with Gasteiger partial charge in [-0.05, 0) is 43.3 Å². The largest absolute Gasteiger partial charge is 0.497 e. The highest BCUT2D eigenvalue weighted by atomic mass is 16.5. The van der Waals surface area contributed by atoms with Gasteiger partial charge >= 0.3 is 0 Å². The van der Waals surface area contributed by atoms with Crippen molar-refractivity contribution >= 4 is 11.6 Å². The number of aryl methyl sites for hydroxylation is 1. The van der Waals surface area contributed by atoms with Crippen LogP contribution in [-0.4, -0.2) is 62.7 Å². The molecule has 4 rings (SSSR count). The van der Waals surface area contributed by atoms with Gasteiger partial charge in [-0.15, -0.1) is 0 Å². The summed E-state index contributed by atoms with van der Waals surface area (Å²) in [5, 5.41) is 3.47. The van der Waals surface area contributed by atoms with E-state index in [1.54, 1.807) is 13.4 Å². The van der Waals surface area contributed by atoms with E-state index in [-0.39, 0.29) is 0 Å². The summed E-state index contributed by atoms with van der Waals surface area (Å²) in [6.45, 7) is 6.58. The lowest BCUT2D eigenvalue weighted by atomic mass is 10.1. The molecule has 0 saturated carbocycles. The maximum Gasteiger partial charge on any atom is 0.226 e. The smallest absolute Gasteiger partial charge is 0.226 e. The van der Waals surface area contributed by atoms with Crippen molar-refractivity contribution in [2.75, 3.05) is 51.8 Å². The van der Waals surface area contributed by atoms with E-state index < -0.39 is 0 Å². The Morgan fingerprint density at radius 2 is 1.78 bits per heavy atom. The van der Waals surface area contributed by atoms with Gasteiger partial charge in [0.05, 0.1) is 12.8 Å². The number of rotatable bonds is 6. The van der Waals surface area contributed by atoms with Crippen LogP contribution in [0.15, 0.2) is 64.2 Å². The number of ether oxygens (including phenoxy) is 1. The summed E-state index contributed by atoms with van der Waals surface area (Å²) in [7, 11) is 3.53. The molecule has 2 aromatic carbocycles. The lowest BCUT2D eigenvalue weighted by molar-refractivity contribution is 0.372. The van der Waals surface area contributed by atoms with Crippen LogP contribution in [0, 0.1) is 6.92 Å². The maximum atomic E-state index is 5.67. The molecule has 1 fully saturated rings. The van der Waals surface area contributed by atoms with E-state index in [0.717, 1.165) is 62.1 Å². The quantitative estimate of drug-likeness (QED) is 0.473. The molecule has 1 aliphatic heterocycles. The number of methoxy groups -OCH3 is 1. The van der Waals surface area contributed by atoms with Crippen LogP contribution in [0.25, 0.3) is 11.5 Å². The summed E-state index contributed by atoms with van der Waals surface area (Å²) in [4.78, 5) is 13.8. The van der Waals surface area contributed by atoms with Crippen molar-refractivity contribution in [2.24, 2.45) is 4.99 Å². The fraction of sp³-hybridized carbons (Fsp3) is 0.360. The molecule has 0 atom stereocenters. The monoisotopic (exact) mass is 433 g/mol. The molecule has 1 N–H and O–H groups in total. The summed E-state index contributed by atoms with van der Waals surface area (Å²) in [5.41, 5.74) is 4.39. The van der Waals surface area contributed by atoms with E-state index >= 15 is 0 Å². The van der Waals surface area contributed by atoms with Crippen LogP contribution in [-0.2, 0) is 6.42 Å². The third-order valence-corrected chi connectivity index (χ3v) is 5.74. The van der Waals surface area contributed by atoms with Gasteiger partial charge in [-0.3, -0.25) is 4.99 Å². The van der Waals surface area contributed by atoms with Crippen molar-refractivity contribution in [1.82, 2.24) is 15.2 Å². The highest BCUT2D eigenvalue weighted by Crippen LogP contribution is 2.21. The molecule has 32 heavy (non-hydrogen) atoms. The van der Waals surface area contributed by atoms with Gasteiger partial charge in [0.1, 0.15) is 12.0 Å². The Labute approximate surface area is 189 Å². The second kappa shape index (κ2) is 10.2. The first kappa shape index (κ1) is 21.7. The SMILES string of the molecule is CN=C(NCCc1coc(-c2ccc(C)cc2)n1)N1CCN(c2ccc(OC)cc2)CC1. The Bertz CT molecular complexity index is 1020. The molecule has 0 radical (unpaired) electrons. The van der Waals surface area contributed by atoms with Crippen LogP contribution in [0.4, 0.5) is 5.69 Å². The minimum Gasteiger partial charge on any atom is -0.497 e. The van der Waals surface area contributed by atoms with Gasteiger partial charge in [-0.1, -0.05) is 17.7 Å². The standard InChI is InChI=1S/C25H31N5O2/c1-19-4-6-20(7-5-19)24-28-21(18-32-24)12-13-27-25(26-2)30-16-14-29(15-17-30)22-8-10-23(31-3)11-9-22/h4-11,18H,12-17H2,1-3H3,(H,26,27). The van der Waals surface area contributed by atoms with E-state index in [1.807, 2.05) is 31.3 Å². The lowest BCUT2D eigenvalue weighted by Gasteiger charge is -2.37. The number of hydrogen-bond donors (Lipinski definition) is 1. The zero-order chi connectivity index (χ0) is 22.3. The van der Waals surface area contributed by atoms with Gasteiger partial charge in [-0.2, -0.15) is 0 Å². The number of anilines is 1. The molecular formula is C25H31N5O2. The summed E-state index contributed by atoms with van der Waals surface area (Å²) in [6, 6.07) is 16.5. The third kappa shape index (κ3) is 5.22. The number of piperazine rings is 1. The molecule has 0 aliphatic carbocycles. The number of nitrogens with one attached hydrogen (secondary N) is 1. The fourth-order valence-corrected chi connectivity index (χ4v) is 3.85. The molecular weight excluding hydrogens is 402 g/mol. The van der Waals surface area contributed by atoms with Crippen molar-refractivity contribution in [3.8, 4) is 17.2 Å². The summed E-state index contributed by atoms with van der Waals surface area (Å²) in [5.74, 6) is 2.48. The average molecular weight is 434 g/mol. The molecule has 0 unspecified atom stereocenters. The third-order valence-electron chi connectivity index (χ3n) is 5.74. The molecule has 1 aromatic heterocycles. The first-order chi connectivity index (χ1) is 15.7. The first-order valence-electron chi connectivity index (χ1n) is 11.0. The van der Waals surface area contributed by atoms with Crippen LogP contribution >= 0.6 is 0 Å². The molecule has 0 spiro atoms. The van der Waals surface area contributed by atoms with Crippen LogP contribution in [0.3, 0.4) is 0 Å². The van der Waals surface area contributed by atoms with E-state index in [2.05, 4.69) is 56.3 Å². The maximum absolute atomic E-state index is 5.67. The Balaban J connectivity index is 1.25. The predicted octanol–water partition coefficient (Wildman–Crippen LogP) is 3.60. The van der Waals surface area contributed by atoms with Crippen LogP contribution in [0.1, 0.15) is 11.3 Å². The average Bonchev–Trinajstić information content (AvgIpc) is 3.31. The Morgan fingerprint density at radius 3 is 2.44 bits per heavy atom.